The van der Waals surface area contributed by atoms with Gasteiger partial charge < -0.3 is 11.5 Å². The van der Waals surface area contributed by atoms with Gasteiger partial charge in [0, 0.05) is 22.4 Å². The summed E-state index contributed by atoms with van der Waals surface area (Å²) in [5.41, 5.74) is 8.67. The molecule has 4 nitrogen and oxygen atoms in total. The first kappa shape index (κ1) is 29.2. The van der Waals surface area contributed by atoms with Crippen LogP contribution in [-0.2, 0) is 22.4 Å². The molecule has 0 aliphatic carbocycles. The maximum atomic E-state index is 9.09. The molecule has 0 bridgehead atoms. The fraction of sp³-hybridized carbons (Fsp3) is 0.667. The van der Waals surface area contributed by atoms with Crippen LogP contribution in [0.3, 0.4) is 0 Å². The molecule has 1 radical (unpaired) electrons. The average Bonchev–Trinajstić information content (AvgIpc) is 1.93. The predicted molar refractivity (Wildman–Crippen MR) is 59.8 cm³/mol. The molecule has 7 heteroatoms. The third kappa shape index (κ3) is 9230. The number of hydrogen-bond donors (Lipinski definition) is 4. The molecule has 0 heterocycles. The van der Waals surface area contributed by atoms with Gasteiger partial charge in [0.25, 0.3) is 10.5 Å². The number of carbonyl (C=O) groups is 2. The monoisotopic (exact) mass is 321 g/mol. The van der Waals surface area contributed by atoms with Crippen LogP contribution in [0.1, 0.15) is 27.7 Å². The first-order valence-electron chi connectivity index (χ1n) is 3.43. The van der Waals surface area contributed by atoms with Gasteiger partial charge in [-0.15, -0.1) is 0 Å². The zero-order valence-corrected chi connectivity index (χ0v) is 11.4. The second-order valence-electron chi connectivity index (χ2n) is 0.676. The summed E-state index contributed by atoms with van der Waals surface area (Å²) in [6, 6.07) is 0. The third-order valence-electron chi connectivity index (χ3n) is 0. The number of amides is 2. The van der Waals surface area contributed by atoms with Crippen LogP contribution in [-0.4, -0.2) is 10.5 Å². The number of nitrogens with two attached hydrogens (primary N) is 2. The van der Waals surface area contributed by atoms with E-state index in [0.29, 0.717) is 0 Å². The molecule has 0 unspecified atom stereocenters. The molecule has 0 saturated carbocycles. The minimum Gasteiger partial charge on any atom is -0.361 e. The van der Waals surface area contributed by atoms with E-state index in [-0.39, 0.29) is 22.4 Å². The summed E-state index contributed by atoms with van der Waals surface area (Å²) in [7, 11) is 0. The van der Waals surface area contributed by atoms with Crippen LogP contribution in [0.4, 0.5) is 9.59 Å². The Hall–Kier alpha value is 0.380. The normalized spacial score (nSPS) is 4.77. The summed E-state index contributed by atoms with van der Waals surface area (Å²) in [6.45, 7) is 8.00. The number of rotatable bonds is 0. The van der Waals surface area contributed by atoms with Crippen molar-refractivity contribution in [2.24, 2.45) is 11.5 Å². The Kier molecular flexibility index (Phi) is 88.5. The molecule has 0 spiro atoms. The molecule has 87 valence electrons. The molecule has 0 fully saturated rings. The van der Waals surface area contributed by atoms with E-state index < -0.39 is 10.5 Å². The van der Waals surface area contributed by atoms with Crippen LogP contribution >= 0.6 is 25.3 Å². The topological polar surface area (TPSA) is 86.2 Å². The first-order chi connectivity index (χ1) is 5.46. The van der Waals surface area contributed by atoms with E-state index in [1.54, 1.807) is 0 Å². The minimum absolute atomic E-state index is 0. The first-order valence-corrected chi connectivity index (χ1v) is 4.33. The second-order valence-corrected chi connectivity index (χ2v) is 1.56. The number of carbonyl (C=O) groups excluding carboxylic acids is 2. The summed E-state index contributed by atoms with van der Waals surface area (Å²) >= 11 is 6.21. The van der Waals surface area contributed by atoms with Crippen molar-refractivity contribution in [3.63, 3.8) is 0 Å². The molecular formula is C6H18AgN2O2S2. The van der Waals surface area contributed by atoms with E-state index in [4.69, 9.17) is 9.59 Å². The Morgan fingerprint density at radius 1 is 0.846 bits per heavy atom. The van der Waals surface area contributed by atoms with Crippen LogP contribution in [0, 0.1) is 0 Å². The Morgan fingerprint density at radius 3 is 0.846 bits per heavy atom. The Morgan fingerprint density at radius 2 is 0.846 bits per heavy atom. The van der Waals surface area contributed by atoms with Crippen LogP contribution < -0.4 is 11.5 Å². The third-order valence-corrected chi connectivity index (χ3v) is 0. The van der Waals surface area contributed by atoms with Gasteiger partial charge >= 0.3 is 0 Å². The fourth-order valence-corrected chi connectivity index (χ4v) is 0. The molecule has 0 saturated heterocycles. The fourth-order valence-electron chi connectivity index (χ4n) is 0. The van der Waals surface area contributed by atoms with Gasteiger partial charge in [-0.2, -0.15) is 0 Å². The van der Waals surface area contributed by atoms with Gasteiger partial charge in [-0.3, -0.25) is 9.59 Å². The van der Waals surface area contributed by atoms with E-state index in [9.17, 15) is 0 Å². The van der Waals surface area contributed by atoms with E-state index in [0.717, 1.165) is 0 Å². The molecule has 0 aliphatic rings. The van der Waals surface area contributed by atoms with Gasteiger partial charge in [-0.1, -0.05) is 53.0 Å². The van der Waals surface area contributed by atoms with Crippen LogP contribution in [0.15, 0.2) is 0 Å². The van der Waals surface area contributed by atoms with Crippen molar-refractivity contribution in [1.29, 1.82) is 0 Å². The molecular weight excluding hydrogens is 304 g/mol. The van der Waals surface area contributed by atoms with Crippen LogP contribution in [0.2, 0.25) is 0 Å². The zero-order valence-electron chi connectivity index (χ0n) is 8.17. The molecule has 0 aromatic heterocycles. The minimum atomic E-state index is -0.639. The number of primary amides is 2. The largest absolute Gasteiger partial charge is 0.361 e. The maximum absolute atomic E-state index is 9.09. The zero-order chi connectivity index (χ0) is 11.2. The van der Waals surface area contributed by atoms with E-state index in [1.807, 2.05) is 27.7 Å². The quantitative estimate of drug-likeness (QED) is 0.406. The van der Waals surface area contributed by atoms with Gasteiger partial charge in [-0.25, -0.2) is 0 Å². The Labute approximate surface area is 107 Å². The summed E-state index contributed by atoms with van der Waals surface area (Å²) in [6.07, 6.45) is 0. The molecule has 0 aliphatic heterocycles. The number of hydrogen-bond acceptors (Lipinski definition) is 2. The van der Waals surface area contributed by atoms with Crippen molar-refractivity contribution in [3.8, 4) is 0 Å². The van der Waals surface area contributed by atoms with Crippen molar-refractivity contribution in [3.05, 3.63) is 0 Å². The standard InChI is InChI=1S/2C2H6.2CH3NOS.Ag/c2*1-2;2*2-1(3)4;/h2*1-2H3;2*(H3,2,3,4);. The maximum Gasteiger partial charge on any atom is 0.273 e. The molecule has 0 aromatic rings. The van der Waals surface area contributed by atoms with Gasteiger partial charge in [-0.05, 0) is 0 Å². The molecule has 0 atom stereocenters. The van der Waals surface area contributed by atoms with Gasteiger partial charge in [0.1, 0.15) is 0 Å². The van der Waals surface area contributed by atoms with Gasteiger partial charge in [0.15, 0.2) is 0 Å². The molecule has 0 rings (SSSR count). The molecule has 0 aromatic carbocycles. The van der Waals surface area contributed by atoms with Gasteiger partial charge in [0.05, 0.1) is 0 Å². The van der Waals surface area contributed by atoms with Gasteiger partial charge in [0.2, 0.25) is 0 Å². The summed E-state index contributed by atoms with van der Waals surface area (Å²) in [5, 5.41) is -1.28. The average molecular weight is 322 g/mol. The van der Waals surface area contributed by atoms with Crippen LogP contribution in [0.25, 0.3) is 0 Å². The van der Waals surface area contributed by atoms with Crippen molar-refractivity contribution in [2.75, 3.05) is 0 Å². The van der Waals surface area contributed by atoms with Crippen molar-refractivity contribution in [1.82, 2.24) is 0 Å². The van der Waals surface area contributed by atoms with Crippen molar-refractivity contribution < 1.29 is 32.0 Å². The smallest absolute Gasteiger partial charge is 0.273 e. The van der Waals surface area contributed by atoms with Crippen LogP contribution in [0.5, 0.6) is 0 Å². The Balaban J connectivity index is -0.0000000226. The van der Waals surface area contributed by atoms with E-state index >= 15 is 0 Å². The Bertz CT molecular complexity index is 84.6. The summed E-state index contributed by atoms with van der Waals surface area (Å²) in [5.74, 6) is 0. The van der Waals surface area contributed by atoms with E-state index in [1.165, 1.54) is 0 Å². The van der Waals surface area contributed by atoms with E-state index in [2.05, 4.69) is 36.7 Å². The predicted octanol–water partition coefficient (Wildman–Crippen LogP) is 2.04. The molecule has 13 heavy (non-hydrogen) atoms. The summed E-state index contributed by atoms with van der Waals surface area (Å²) < 4.78 is 0. The molecule has 2 amide bonds. The second kappa shape index (κ2) is 39.4. The SMILES string of the molecule is CC.CC.NC(=O)S.NC(=O)S.[Ag]. The molecule has 4 N–H and O–H groups in total. The van der Waals surface area contributed by atoms with Crippen molar-refractivity contribution in [2.45, 2.75) is 27.7 Å². The van der Waals surface area contributed by atoms with Crippen molar-refractivity contribution >= 4 is 35.7 Å². The summed E-state index contributed by atoms with van der Waals surface area (Å²) in [4.78, 5) is 18.2. The number of thiol groups is 2.